The Hall–Kier alpha value is -3.08. The summed E-state index contributed by atoms with van der Waals surface area (Å²) in [6.45, 7) is 0. The van der Waals surface area contributed by atoms with Crippen molar-refractivity contribution >= 4 is 16.6 Å². The number of benzene rings is 2. The summed E-state index contributed by atoms with van der Waals surface area (Å²) in [5.41, 5.74) is 9.22. The maximum absolute atomic E-state index is 5.78. The molecular formula is C16H12N4O. The number of nitrogens with zero attached hydrogens (tertiary/aromatic N) is 2. The van der Waals surface area contributed by atoms with Gasteiger partial charge in [-0.15, -0.1) is 0 Å². The van der Waals surface area contributed by atoms with Crippen LogP contribution >= 0.6 is 0 Å². The number of hydrogen-bond acceptors (Lipinski definition) is 4. The van der Waals surface area contributed by atoms with Crippen molar-refractivity contribution in [2.75, 3.05) is 5.73 Å². The van der Waals surface area contributed by atoms with Gasteiger partial charge >= 0.3 is 0 Å². The Balaban J connectivity index is 1.81. The number of hydrogen-bond donors (Lipinski definition) is 2. The van der Waals surface area contributed by atoms with Gasteiger partial charge in [-0.2, -0.15) is 4.98 Å². The number of nitrogens with two attached hydrogens (primary N) is 1. The normalized spacial score (nSPS) is 11.0. The molecule has 0 aliphatic rings. The summed E-state index contributed by atoms with van der Waals surface area (Å²) in [6, 6.07) is 15.4. The summed E-state index contributed by atoms with van der Waals surface area (Å²) in [5.74, 6) is 1.02. The minimum Gasteiger partial charge on any atom is -0.399 e. The Labute approximate surface area is 120 Å². The quantitative estimate of drug-likeness (QED) is 0.549. The molecule has 0 bridgehead atoms. The average molecular weight is 276 g/mol. The molecule has 5 nitrogen and oxygen atoms in total. The molecule has 4 rings (SSSR count). The van der Waals surface area contributed by atoms with E-state index in [0.717, 1.165) is 22.0 Å². The van der Waals surface area contributed by atoms with Crippen LogP contribution in [0.4, 0.5) is 5.69 Å². The summed E-state index contributed by atoms with van der Waals surface area (Å²) in [4.78, 5) is 7.66. The van der Waals surface area contributed by atoms with Crippen LogP contribution in [0.5, 0.6) is 0 Å². The van der Waals surface area contributed by atoms with Gasteiger partial charge in [-0.05, 0) is 24.3 Å². The molecule has 0 atom stereocenters. The van der Waals surface area contributed by atoms with Crippen LogP contribution in [0.3, 0.4) is 0 Å². The molecule has 2 heterocycles. The van der Waals surface area contributed by atoms with Gasteiger partial charge in [0.05, 0.1) is 0 Å². The van der Waals surface area contributed by atoms with Gasteiger partial charge in [-0.1, -0.05) is 29.4 Å². The first-order valence-electron chi connectivity index (χ1n) is 6.57. The van der Waals surface area contributed by atoms with Crippen molar-refractivity contribution in [2.24, 2.45) is 0 Å². The summed E-state index contributed by atoms with van der Waals surface area (Å²) < 4.78 is 5.35. The van der Waals surface area contributed by atoms with Crippen molar-refractivity contribution in [1.29, 1.82) is 0 Å². The van der Waals surface area contributed by atoms with Gasteiger partial charge in [0.1, 0.15) is 0 Å². The topological polar surface area (TPSA) is 80.7 Å². The number of anilines is 1. The van der Waals surface area contributed by atoms with Crippen LogP contribution in [-0.4, -0.2) is 15.1 Å². The minimum absolute atomic E-state index is 0.461. The maximum atomic E-state index is 5.78. The van der Waals surface area contributed by atoms with E-state index in [4.69, 9.17) is 10.3 Å². The Morgan fingerprint density at radius 3 is 2.86 bits per heavy atom. The third-order valence-electron chi connectivity index (χ3n) is 3.39. The van der Waals surface area contributed by atoms with E-state index in [9.17, 15) is 0 Å². The molecule has 102 valence electrons. The van der Waals surface area contributed by atoms with Crippen molar-refractivity contribution < 1.29 is 4.52 Å². The van der Waals surface area contributed by atoms with Crippen LogP contribution in [0.2, 0.25) is 0 Å². The van der Waals surface area contributed by atoms with Crippen LogP contribution < -0.4 is 5.73 Å². The highest BCUT2D eigenvalue weighted by Crippen LogP contribution is 2.28. The van der Waals surface area contributed by atoms with E-state index in [1.54, 1.807) is 0 Å². The highest BCUT2D eigenvalue weighted by molar-refractivity contribution is 5.93. The number of H-pyrrole nitrogens is 1. The zero-order valence-electron chi connectivity index (χ0n) is 11.1. The molecule has 0 fully saturated rings. The molecule has 2 aromatic heterocycles. The second-order valence-electron chi connectivity index (χ2n) is 4.80. The fourth-order valence-corrected chi connectivity index (χ4v) is 2.38. The summed E-state index contributed by atoms with van der Waals surface area (Å²) in [6.07, 6.45) is 1.89. The Bertz CT molecular complexity index is 923. The first-order chi connectivity index (χ1) is 10.3. The zero-order chi connectivity index (χ0) is 14.2. The van der Waals surface area contributed by atoms with Gasteiger partial charge in [-0.25, -0.2) is 0 Å². The zero-order valence-corrected chi connectivity index (χ0v) is 11.1. The number of rotatable bonds is 2. The number of aromatic nitrogens is 3. The van der Waals surface area contributed by atoms with Gasteiger partial charge in [-0.3, -0.25) is 0 Å². The predicted octanol–water partition coefficient (Wildman–Crippen LogP) is 3.47. The van der Waals surface area contributed by atoms with E-state index >= 15 is 0 Å². The lowest BCUT2D eigenvalue weighted by molar-refractivity contribution is 0.432. The third kappa shape index (κ3) is 1.95. The Kier molecular flexibility index (Phi) is 2.50. The Morgan fingerprint density at radius 1 is 1.05 bits per heavy atom. The van der Waals surface area contributed by atoms with Gasteiger partial charge < -0.3 is 15.2 Å². The molecule has 3 N–H and O–H groups in total. The number of nitrogen functional groups attached to an aromatic ring is 1. The van der Waals surface area contributed by atoms with E-state index in [1.165, 1.54) is 0 Å². The highest BCUT2D eigenvalue weighted by atomic mass is 16.5. The predicted molar refractivity (Wildman–Crippen MR) is 81.4 cm³/mol. The second-order valence-corrected chi connectivity index (χ2v) is 4.80. The van der Waals surface area contributed by atoms with Crippen LogP contribution in [0.15, 0.2) is 59.3 Å². The maximum Gasteiger partial charge on any atom is 0.258 e. The lowest BCUT2D eigenvalue weighted by Crippen LogP contribution is -1.85. The number of aromatic amines is 1. The van der Waals surface area contributed by atoms with E-state index < -0.39 is 0 Å². The minimum atomic E-state index is 0.461. The van der Waals surface area contributed by atoms with E-state index in [-0.39, 0.29) is 0 Å². The largest absolute Gasteiger partial charge is 0.399 e. The lowest BCUT2D eigenvalue weighted by atomic mass is 10.1. The van der Waals surface area contributed by atoms with E-state index in [2.05, 4.69) is 15.1 Å². The molecule has 2 aromatic carbocycles. The fraction of sp³-hybridized carbons (Fsp3) is 0. The van der Waals surface area contributed by atoms with Gasteiger partial charge in [0, 0.05) is 33.9 Å². The first-order valence-corrected chi connectivity index (χ1v) is 6.57. The van der Waals surface area contributed by atoms with Gasteiger partial charge in [0.25, 0.3) is 5.89 Å². The van der Waals surface area contributed by atoms with Crippen LogP contribution in [0.1, 0.15) is 0 Å². The molecule has 5 heteroatoms. The van der Waals surface area contributed by atoms with Crippen molar-refractivity contribution in [3.63, 3.8) is 0 Å². The molecule has 4 aromatic rings. The Morgan fingerprint density at radius 2 is 1.95 bits per heavy atom. The number of fused-ring (bicyclic) bond motifs is 1. The molecule has 0 amide bonds. The van der Waals surface area contributed by atoms with E-state index in [0.29, 0.717) is 17.4 Å². The van der Waals surface area contributed by atoms with Gasteiger partial charge in [0.15, 0.2) is 0 Å². The second kappa shape index (κ2) is 4.49. The SMILES string of the molecule is Nc1cccc(-c2nc(-c3c[nH]c4ccccc34)no2)c1. The first kappa shape index (κ1) is 11.7. The standard InChI is InChI=1S/C16H12N4O/c17-11-5-3-4-10(8-11)16-19-15(20-21-16)13-9-18-14-7-2-1-6-12(13)14/h1-9,18H,17H2. The third-order valence-corrected chi connectivity index (χ3v) is 3.39. The van der Waals surface area contributed by atoms with E-state index in [1.807, 2.05) is 54.7 Å². The van der Waals surface area contributed by atoms with Crippen molar-refractivity contribution in [2.45, 2.75) is 0 Å². The molecule has 0 aliphatic carbocycles. The summed E-state index contributed by atoms with van der Waals surface area (Å²) in [5, 5.41) is 5.13. The summed E-state index contributed by atoms with van der Waals surface area (Å²) in [7, 11) is 0. The molecule has 0 unspecified atom stereocenters. The highest BCUT2D eigenvalue weighted by Gasteiger charge is 2.14. The average Bonchev–Trinajstić information content (AvgIpc) is 3.14. The van der Waals surface area contributed by atoms with Crippen LogP contribution in [0.25, 0.3) is 33.7 Å². The van der Waals surface area contributed by atoms with Crippen molar-refractivity contribution in [3.8, 4) is 22.8 Å². The van der Waals surface area contributed by atoms with Crippen molar-refractivity contribution in [3.05, 3.63) is 54.7 Å². The van der Waals surface area contributed by atoms with Gasteiger partial charge in [0.2, 0.25) is 5.82 Å². The fourth-order valence-electron chi connectivity index (χ4n) is 2.38. The molecule has 0 spiro atoms. The van der Waals surface area contributed by atoms with Crippen molar-refractivity contribution in [1.82, 2.24) is 15.1 Å². The molecule has 0 saturated heterocycles. The van der Waals surface area contributed by atoms with Crippen LogP contribution in [-0.2, 0) is 0 Å². The van der Waals surface area contributed by atoms with Crippen LogP contribution in [0, 0.1) is 0 Å². The lowest BCUT2D eigenvalue weighted by Gasteiger charge is -1.95. The summed E-state index contributed by atoms with van der Waals surface area (Å²) >= 11 is 0. The molecule has 0 radical (unpaired) electrons. The molecular weight excluding hydrogens is 264 g/mol. The monoisotopic (exact) mass is 276 g/mol. The molecule has 0 saturated carbocycles. The molecule has 0 aliphatic heterocycles. The smallest absolute Gasteiger partial charge is 0.258 e. The molecule has 21 heavy (non-hydrogen) atoms. The number of nitrogens with one attached hydrogen (secondary N) is 1. The number of para-hydroxylation sites is 1.